The van der Waals surface area contributed by atoms with Gasteiger partial charge in [0.1, 0.15) is 6.54 Å². The highest BCUT2D eigenvalue weighted by molar-refractivity contribution is 6.33. The van der Waals surface area contributed by atoms with Crippen molar-refractivity contribution in [1.82, 2.24) is 4.90 Å². The van der Waals surface area contributed by atoms with Crippen molar-refractivity contribution in [2.75, 3.05) is 27.3 Å². The molecule has 0 amide bonds. The van der Waals surface area contributed by atoms with Gasteiger partial charge < -0.3 is 14.4 Å². The van der Waals surface area contributed by atoms with Crippen LogP contribution in [0.15, 0.2) is 46.2 Å². The predicted molar refractivity (Wildman–Crippen MR) is 216 cm³/mol. The summed E-state index contributed by atoms with van der Waals surface area (Å²) in [4.78, 5) is 2.90. The van der Waals surface area contributed by atoms with E-state index in [1.165, 1.54) is 165 Å². The van der Waals surface area contributed by atoms with E-state index in [0.717, 1.165) is 16.9 Å². The topological polar surface area (TPSA) is 24.7 Å². The van der Waals surface area contributed by atoms with Gasteiger partial charge in [-0.3, -0.25) is 0 Å². The van der Waals surface area contributed by atoms with E-state index in [2.05, 4.69) is 47.6 Å². The fourth-order valence-electron chi connectivity index (χ4n) is 14.2. The van der Waals surface area contributed by atoms with Crippen LogP contribution < -0.4 is 0 Å². The molecule has 288 valence electrons. The Labute approximate surface area is 322 Å². The Kier molecular flexibility index (Phi) is 11.6. The fraction of sp³-hybridized carbons (Fsp3) is 0.809. The van der Waals surface area contributed by atoms with Crippen LogP contribution in [0.25, 0.3) is 0 Å². The fourth-order valence-corrected chi connectivity index (χ4v) is 14.6. The first kappa shape index (κ1) is 37.6. The molecule has 8 aliphatic rings. The Balaban J connectivity index is 1.18. The quantitative estimate of drug-likeness (QED) is 0.221. The number of halogens is 1. The summed E-state index contributed by atoms with van der Waals surface area (Å²) in [6.45, 7) is 7.12. The zero-order valence-corrected chi connectivity index (χ0v) is 34.2. The van der Waals surface area contributed by atoms with Crippen LogP contribution in [0.3, 0.4) is 0 Å². The number of likely N-dealkylation sites (tertiary alicyclic amines) is 1. The van der Waals surface area contributed by atoms with Crippen LogP contribution in [0.1, 0.15) is 155 Å². The number of hydrogen-bond donors (Lipinski definition) is 0. The molecule has 2 heterocycles. The molecule has 0 N–H and O–H groups in total. The number of hydrogen-bond acceptors (Lipinski definition) is 3. The first-order chi connectivity index (χ1) is 25.5. The summed E-state index contributed by atoms with van der Waals surface area (Å²) in [5.41, 5.74) is 6.87. The average Bonchev–Trinajstić information content (AvgIpc) is 3.69. The Morgan fingerprint density at radius 1 is 0.712 bits per heavy atom. The van der Waals surface area contributed by atoms with Gasteiger partial charge in [0.2, 0.25) is 0 Å². The van der Waals surface area contributed by atoms with Crippen molar-refractivity contribution in [2.24, 2.45) is 34.5 Å². The first-order valence-electron chi connectivity index (χ1n) is 22.5. The molecule has 0 radical (unpaired) electrons. The molecule has 2 spiro atoms. The zero-order valence-electron chi connectivity index (χ0n) is 33.5. The van der Waals surface area contributed by atoms with Crippen molar-refractivity contribution < 1.29 is 14.0 Å². The molecule has 1 saturated heterocycles. The van der Waals surface area contributed by atoms with E-state index in [1.807, 2.05) is 14.2 Å². The Bertz CT molecular complexity index is 1440. The molecule has 0 aromatic rings. The minimum atomic E-state index is 0.310. The highest BCUT2D eigenvalue weighted by Gasteiger charge is 2.61. The minimum Gasteiger partial charge on any atom is -0.381 e. The lowest BCUT2D eigenvalue weighted by atomic mass is 9.59. The standard InChI is InChI=1S/C47H72ClN2O2/c1-5-29-49-41-21-17-33(51-3)31-39(41)46(25-11-7-12-26-46)43(49)23-19-37-35-15-9-10-16-36(35)38(45(37)48)20-24-44-47(27-13-8-14-28-47)40-32-34(52-4)18-22-42(40)50(44)30-6-2/h19-20,23-24,33-36,39-42H,5-18,21-22,25-32H2,1-4H3/q+1. The molecule has 6 aliphatic carbocycles. The Morgan fingerprint density at radius 3 is 2.04 bits per heavy atom. The molecule has 2 aliphatic heterocycles. The summed E-state index contributed by atoms with van der Waals surface area (Å²) < 4.78 is 15.0. The zero-order chi connectivity index (χ0) is 35.9. The van der Waals surface area contributed by atoms with Gasteiger partial charge in [-0.25, -0.2) is 4.58 Å². The maximum Gasteiger partial charge on any atom is 0.183 e. The van der Waals surface area contributed by atoms with E-state index in [1.54, 1.807) is 11.4 Å². The van der Waals surface area contributed by atoms with E-state index < -0.39 is 0 Å². The third-order valence-corrected chi connectivity index (χ3v) is 16.8. The van der Waals surface area contributed by atoms with E-state index in [0.29, 0.717) is 47.0 Å². The van der Waals surface area contributed by atoms with Crippen LogP contribution in [0.2, 0.25) is 0 Å². The van der Waals surface area contributed by atoms with Crippen LogP contribution in [0, 0.1) is 34.5 Å². The van der Waals surface area contributed by atoms with Gasteiger partial charge in [0.05, 0.1) is 17.6 Å². The third-order valence-electron chi connectivity index (χ3n) is 16.4. The van der Waals surface area contributed by atoms with Crippen molar-refractivity contribution in [2.45, 2.75) is 179 Å². The van der Waals surface area contributed by atoms with Crippen molar-refractivity contribution in [1.29, 1.82) is 0 Å². The number of allylic oxidation sites excluding steroid dienone is 8. The summed E-state index contributed by atoms with van der Waals surface area (Å²) in [5, 5.41) is 1.09. The van der Waals surface area contributed by atoms with Gasteiger partial charge in [-0.15, -0.1) is 0 Å². The number of nitrogens with zero attached hydrogens (tertiary/aromatic N) is 2. The summed E-state index contributed by atoms with van der Waals surface area (Å²) in [6.07, 6.45) is 40.1. The number of fused-ring (bicyclic) bond motifs is 5. The molecule has 4 nitrogen and oxygen atoms in total. The maximum absolute atomic E-state index is 7.72. The van der Waals surface area contributed by atoms with Crippen LogP contribution in [-0.4, -0.2) is 66.8 Å². The van der Waals surface area contributed by atoms with E-state index in [9.17, 15) is 0 Å². The third kappa shape index (κ3) is 6.37. The molecule has 0 bridgehead atoms. The predicted octanol–water partition coefficient (Wildman–Crippen LogP) is 11.5. The van der Waals surface area contributed by atoms with E-state index in [4.69, 9.17) is 21.1 Å². The second-order valence-electron chi connectivity index (χ2n) is 18.7. The van der Waals surface area contributed by atoms with Crippen molar-refractivity contribution in [3.63, 3.8) is 0 Å². The highest BCUT2D eigenvalue weighted by atomic mass is 35.5. The molecule has 52 heavy (non-hydrogen) atoms. The van der Waals surface area contributed by atoms with Crippen LogP contribution in [0.5, 0.6) is 0 Å². The normalized spacial score (nSPS) is 38.7. The van der Waals surface area contributed by atoms with Gasteiger partial charge in [0, 0.05) is 67.8 Å². The summed E-state index contributed by atoms with van der Waals surface area (Å²) in [5.74, 6) is 2.58. The van der Waals surface area contributed by atoms with Gasteiger partial charge in [-0.2, -0.15) is 0 Å². The second kappa shape index (κ2) is 16.0. The number of rotatable bonds is 9. The van der Waals surface area contributed by atoms with E-state index >= 15 is 0 Å². The van der Waals surface area contributed by atoms with Gasteiger partial charge in [-0.1, -0.05) is 89.0 Å². The van der Waals surface area contributed by atoms with Crippen LogP contribution in [0.4, 0.5) is 0 Å². The highest BCUT2D eigenvalue weighted by Crippen LogP contribution is 2.61. The first-order valence-corrected chi connectivity index (χ1v) is 22.8. The molecular formula is C47H72ClN2O2+. The Hall–Kier alpha value is -1.36. The van der Waals surface area contributed by atoms with Crippen LogP contribution >= 0.6 is 11.6 Å². The monoisotopic (exact) mass is 732 g/mol. The minimum absolute atomic E-state index is 0.310. The van der Waals surface area contributed by atoms with Crippen molar-refractivity contribution >= 4 is 17.3 Å². The van der Waals surface area contributed by atoms with Crippen LogP contribution in [-0.2, 0) is 9.47 Å². The molecular weight excluding hydrogens is 660 g/mol. The maximum atomic E-state index is 7.72. The molecule has 6 fully saturated rings. The van der Waals surface area contributed by atoms with E-state index in [-0.39, 0.29) is 0 Å². The van der Waals surface area contributed by atoms with Gasteiger partial charge in [0.25, 0.3) is 0 Å². The van der Waals surface area contributed by atoms with Gasteiger partial charge in [0.15, 0.2) is 11.8 Å². The molecule has 8 atom stereocenters. The summed E-state index contributed by atoms with van der Waals surface area (Å²) in [7, 11) is 3.90. The van der Waals surface area contributed by atoms with Crippen molar-refractivity contribution in [3.8, 4) is 0 Å². The Morgan fingerprint density at radius 2 is 1.37 bits per heavy atom. The van der Waals surface area contributed by atoms with Gasteiger partial charge >= 0.3 is 0 Å². The van der Waals surface area contributed by atoms with Crippen molar-refractivity contribution in [3.05, 3.63) is 46.2 Å². The number of ether oxygens (including phenoxy) is 2. The average molecular weight is 733 g/mol. The lowest BCUT2D eigenvalue weighted by Gasteiger charge is -2.43. The lowest BCUT2D eigenvalue weighted by molar-refractivity contribution is -0.567. The largest absolute Gasteiger partial charge is 0.381 e. The smallest absolute Gasteiger partial charge is 0.183 e. The SMILES string of the molecule is CCCN1/C(=C/C=C2C(Cl)=C(/C=C/C3=[N+](CCC)C4CCC(OC)CC4C34CCCCC4)C3CCCCC/23)C2(CCCCC2)C2CC(OC)CCC21. The lowest BCUT2D eigenvalue weighted by Crippen LogP contribution is -2.43. The summed E-state index contributed by atoms with van der Waals surface area (Å²) >= 11 is 7.72. The molecule has 8 unspecified atom stereocenters. The second-order valence-corrected chi connectivity index (χ2v) is 19.0. The molecule has 5 saturated carbocycles. The van der Waals surface area contributed by atoms with Gasteiger partial charge in [-0.05, 0) is 112 Å². The molecule has 0 aromatic carbocycles. The molecule has 5 heteroatoms. The number of methoxy groups -OCH3 is 2. The molecule has 8 rings (SSSR count). The summed E-state index contributed by atoms with van der Waals surface area (Å²) in [6, 6.07) is 1.35. The molecule has 0 aromatic heterocycles.